The Labute approximate surface area is 85.3 Å². The Hall–Kier alpha value is -1.09. The first-order chi connectivity index (χ1) is 6.77. The van der Waals surface area contributed by atoms with Crippen molar-refractivity contribution in [2.24, 2.45) is 0 Å². The van der Waals surface area contributed by atoms with Crippen LogP contribution >= 0.6 is 11.6 Å². The third-order valence-electron chi connectivity index (χ3n) is 2.59. The maximum atomic E-state index is 13.7. The third-order valence-corrected chi connectivity index (χ3v) is 2.88. The normalized spacial score (nSPS) is 16.4. The first-order valence-corrected chi connectivity index (χ1v) is 4.95. The van der Waals surface area contributed by atoms with Gasteiger partial charge in [0.1, 0.15) is 5.52 Å². The number of nitrogens with zero attached hydrogens (tertiary/aromatic N) is 2. The molecule has 2 aromatic rings. The summed E-state index contributed by atoms with van der Waals surface area (Å²) in [5, 5.41) is 0.167. The van der Waals surface area contributed by atoms with E-state index in [1.807, 2.05) is 0 Å². The lowest BCUT2D eigenvalue weighted by molar-refractivity contribution is 0.632. The van der Waals surface area contributed by atoms with Crippen LogP contribution < -0.4 is 0 Å². The van der Waals surface area contributed by atoms with Crippen LogP contribution in [0, 0.1) is 5.82 Å². The minimum absolute atomic E-state index is 0.167. The molecule has 0 unspecified atom stereocenters. The SMILES string of the molecule is Fc1c(Cl)ccn2cnc(C3CC3)c12. The standard InChI is InChI=1S/C10H8ClFN2/c11-7-3-4-14-5-13-9(6-1-2-6)10(14)8(7)12/h3-6H,1-2H2. The molecule has 4 heteroatoms. The number of halogens is 2. The fraction of sp³-hybridized carbons (Fsp3) is 0.300. The van der Waals surface area contributed by atoms with E-state index in [0.29, 0.717) is 11.4 Å². The lowest BCUT2D eigenvalue weighted by atomic mass is 10.2. The van der Waals surface area contributed by atoms with Gasteiger partial charge in [-0.2, -0.15) is 0 Å². The van der Waals surface area contributed by atoms with Crippen molar-refractivity contribution >= 4 is 17.1 Å². The third kappa shape index (κ3) is 1.05. The second-order valence-electron chi connectivity index (χ2n) is 3.64. The summed E-state index contributed by atoms with van der Waals surface area (Å²) in [4.78, 5) is 4.22. The van der Waals surface area contributed by atoms with Crippen LogP contribution in [0.1, 0.15) is 24.5 Å². The van der Waals surface area contributed by atoms with Crippen molar-refractivity contribution in [1.29, 1.82) is 0 Å². The number of rotatable bonds is 1. The monoisotopic (exact) mass is 210 g/mol. The molecule has 1 fully saturated rings. The van der Waals surface area contributed by atoms with Crippen molar-refractivity contribution in [3.63, 3.8) is 0 Å². The summed E-state index contributed by atoms with van der Waals surface area (Å²) >= 11 is 5.73. The van der Waals surface area contributed by atoms with Crippen LogP contribution in [0.4, 0.5) is 4.39 Å². The minimum atomic E-state index is -0.353. The Morgan fingerprint density at radius 2 is 2.29 bits per heavy atom. The van der Waals surface area contributed by atoms with Gasteiger partial charge in [-0.1, -0.05) is 11.6 Å². The maximum absolute atomic E-state index is 13.7. The molecule has 1 saturated carbocycles. The van der Waals surface area contributed by atoms with Gasteiger partial charge in [0, 0.05) is 12.1 Å². The molecule has 2 aromatic heterocycles. The second kappa shape index (κ2) is 2.70. The number of pyridine rings is 1. The maximum Gasteiger partial charge on any atom is 0.167 e. The van der Waals surface area contributed by atoms with E-state index in [-0.39, 0.29) is 10.8 Å². The highest BCUT2D eigenvalue weighted by atomic mass is 35.5. The van der Waals surface area contributed by atoms with Crippen LogP contribution in [-0.2, 0) is 0 Å². The van der Waals surface area contributed by atoms with Crippen molar-refractivity contribution in [3.8, 4) is 0 Å². The van der Waals surface area contributed by atoms with Gasteiger partial charge >= 0.3 is 0 Å². The van der Waals surface area contributed by atoms with E-state index in [1.165, 1.54) is 0 Å². The van der Waals surface area contributed by atoms with Crippen LogP contribution in [0.25, 0.3) is 5.52 Å². The average Bonchev–Trinajstić information content (AvgIpc) is 2.93. The molecule has 2 heterocycles. The Morgan fingerprint density at radius 1 is 1.50 bits per heavy atom. The molecule has 0 radical (unpaired) electrons. The lowest BCUT2D eigenvalue weighted by Gasteiger charge is -1.99. The summed E-state index contributed by atoms with van der Waals surface area (Å²) in [6, 6.07) is 1.54. The molecule has 0 aromatic carbocycles. The Balaban J connectivity index is 2.36. The zero-order valence-corrected chi connectivity index (χ0v) is 8.13. The van der Waals surface area contributed by atoms with E-state index in [4.69, 9.17) is 11.6 Å². The average molecular weight is 211 g/mol. The van der Waals surface area contributed by atoms with Gasteiger partial charge in [0.25, 0.3) is 0 Å². The minimum Gasteiger partial charge on any atom is -0.303 e. The van der Waals surface area contributed by atoms with E-state index in [0.717, 1.165) is 18.5 Å². The quantitative estimate of drug-likeness (QED) is 0.707. The predicted octanol–water partition coefficient (Wildman–Crippen LogP) is 3.00. The molecule has 72 valence electrons. The van der Waals surface area contributed by atoms with E-state index >= 15 is 0 Å². The number of aromatic nitrogens is 2. The molecule has 0 aliphatic heterocycles. The first-order valence-electron chi connectivity index (χ1n) is 4.58. The van der Waals surface area contributed by atoms with Gasteiger partial charge in [-0.15, -0.1) is 0 Å². The Kier molecular flexibility index (Phi) is 1.59. The van der Waals surface area contributed by atoms with E-state index in [2.05, 4.69) is 4.98 Å². The molecular weight excluding hydrogens is 203 g/mol. The zero-order valence-electron chi connectivity index (χ0n) is 7.37. The van der Waals surface area contributed by atoms with Crippen molar-refractivity contribution in [1.82, 2.24) is 9.38 Å². The van der Waals surface area contributed by atoms with Crippen LogP contribution in [0.2, 0.25) is 5.02 Å². The number of imidazole rings is 1. The Bertz CT molecular complexity index is 502. The first kappa shape index (κ1) is 8.24. The van der Waals surface area contributed by atoms with Gasteiger partial charge < -0.3 is 4.40 Å². The highest BCUT2D eigenvalue weighted by Gasteiger charge is 2.29. The molecule has 0 atom stereocenters. The topological polar surface area (TPSA) is 17.3 Å². The fourth-order valence-corrected chi connectivity index (χ4v) is 1.85. The van der Waals surface area contributed by atoms with Crippen LogP contribution in [0.15, 0.2) is 18.6 Å². The fourth-order valence-electron chi connectivity index (χ4n) is 1.70. The van der Waals surface area contributed by atoms with E-state index in [1.54, 1.807) is 23.0 Å². The summed E-state index contributed by atoms with van der Waals surface area (Å²) < 4.78 is 15.4. The molecule has 2 nitrogen and oxygen atoms in total. The summed E-state index contributed by atoms with van der Waals surface area (Å²) in [5.74, 6) is 0.0848. The summed E-state index contributed by atoms with van der Waals surface area (Å²) in [6.45, 7) is 0. The largest absolute Gasteiger partial charge is 0.303 e. The van der Waals surface area contributed by atoms with Gasteiger partial charge in [-0.25, -0.2) is 9.37 Å². The highest BCUT2D eigenvalue weighted by Crippen LogP contribution is 2.42. The Morgan fingerprint density at radius 3 is 3.00 bits per heavy atom. The highest BCUT2D eigenvalue weighted by molar-refractivity contribution is 6.31. The summed E-state index contributed by atoms with van der Waals surface area (Å²) in [7, 11) is 0. The molecule has 0 saturated heterocycles. The van der Waals surface area contributed by atoms with Gasteiger partial charge in [0.05, 0.1) is 17.0 Å². The molecule has 0 spiro atoms. The molecule has 3 rings (SSSR count). The lowest BCUT2D eigenvalue weighted by Crippen LogP contribution is -1.90. The number of hydrogen-bond donors (Lipinski definition) is 0. The summed E-state index contributed by atoms with van der Waals surface area (Å²) in [6.07, 6.45) is 5.60. The number of hydrogen-bond acceptors (Lipinski definition) is 1. The van der Waals surface area contributed by atoms with Crippen LogP contribution in [0.3, 0.4) is 0 Å². The van der Waals surface area contributed by atoms with Gasteiger partial charge in [0.2, 0.25) is 0 Å². The van der Waals surface area contributed by atoms with Crippen LogP contribution in [-0.4, -0.2) is 9.38 Å². The van der Waals surface area contributed by atoms with E-state index in [9.17, 15) is 4.39 Å². The molecule has 0 N–H and O–H groups in total. The van der Waals surface area contributed by atoms with Gasteiger partial charge in [-0.3, -0.25) is 0 Å². The zero-order chi connectivity index (χ0) is 9.71. The van der Waals surface area contributed by atoms with Crippen molar-refractivity contribution in [2.45, 2.75) is 18.8 Å². The summed E-state index contributed by atoms with van der Waals surface area (Å²) in [5.41, 5.74) is 1.39. The van der Waals surface area contributed by atoms with Crippen molar-refractivity contribution in [3.05, 3.63) is 35.1 Å². The second-order valence-corrected chi connectivity index (χ2v) is 4.04. The molecule has 0 bridgehead atoms. The molecule has 14 heavy (non-hydrogen) atoms. The van der Waals surface area contributed by atoms with Gasteiger partial charge in [-0.05, 0) is 18.9 Å². The smallest absolute Gasteiger partial charge is 0.167 e. The molecule has 1 aliphatic carbocycles. The molecule has 0 amide bonds. The number of fused-ring (bicyclic) bond motifs is 1. The van der Waals surface area contributed by atoms with Crippen LogP contribution in [0.5, 0.6) is 0 Å². The molecular formula is C10H8ClFN2. The van der Waals surface area contributed by atoms with E-state index < -0.39 is 0 Å². The van der Waals surface area contributed by atoms with Crippen molar-refractivity contribution in [2.75, 3.05) is 0 Å². The van der Waals surface area contributed by atoms with Gasteiger partial charge in [0.15, 0.2) is 5.82 Å². The predicted molar refractivity (Wildman–Crippen MR) is 52.1 cm³/mol. The molecule has 1 aliphatic rings. The van der Waals surface area contributed by atoms with Crippen molar-refractivity contribution < 1.29 is 4.39 Å².